The Hall–Kier alpha value is -1.65. The summed E-state index contributed by atoms with van der Waals surface area (Å²) in [7, 11) is 0. The minimum absolute atomic E-state index is 0.551. The fraction of sp³-hybridized carbons (Fsp3) is 0.667. The zero-order valence-electron chi connectivity index (χ0n) is 11.9. The maximum absolute atomic E-state index is 11.1. The molecule has 5 heteroatoms. The fourth-order valence-corrected chi connectivity index (χ4v) is 2.86. The molecule has 0 spiro atoms. The molecule has 1 fully saturated rings. The van der Waals surface area contributed by atoms with Gasteiger partial charge in [0, 0.05) is 36.8 Å². The van der Waals surface area contributed by atoms with Gasteiger partial charge < -0.3 is 10.0 Å². The third-order valence-corrected chi connectivity index (χ3v) is 4.15. The zero-order valence-corrected chi connectivity index (χ0v) is 11.9. The molecule has 0 aromatic carbocycles. The molecular weight excluding hydrogens is 254 g/mol. The highest BCUT2D eigenvalue weighted by Crippen LogP contribution is 2.38. The molecule has 0 radical (unpaired) electrons. The van der Waals surface area contributed by atoms with Crippen LogP contribution in [0.4, 0.5) is 4.79 Å². The van der Waals surface area contributed by atoms with Crippen molar-refractivity contribution < 1.29 is 9.90 Å². The van der Waals surface area contributed by atoms with Gasteiger partial charge in [-0.15, -0.1) is 0 Å². The zero-order chi connectivity index (χ0) is 14.1. The first-order valence-corrected chi connectivity index (χ1v) is 7.55. The number of amides is 1. The van der Waals surface area contributed by atoms with Crippen LogP contribution in [-0.2, 0) is 19.3 Å². The largest absolute Gasteiger partial charge is 0.465 e. The maximum Gasteiger partial charge on any atom is 0.407 e. The summed E-state index contributed by atoms with van der Waals surface area (Å²) in [6, 6.07) is 0. The Morgan fingerprint density at radius 1 is 1.30 bits per heavy atom. The minimum Gasteiger partial charge on any atom is -0.465 e. The second-order valence-electron chi connectivity index (χ2n) is 5.75. The second-order valence-corrected chi connectivity index (χ2v) is 5.75. The van der Waals surface area contributed by atoms with E-state index in [4.69, 9.17) is 15.1 Å². The highest BCUT2D eigenvalue weighted by Gasteiger charge is 2.29. The minimum atomic E-state index is -0.828. The van der Waals surface area contributed by atoms with E-state index in [0.717, 1.165) is 42.9 Å². The van der Waals surface area contributed by atoms with Crippen molar-refractivity contribution in [3.05, 3.63) is 22.8 Å². The smallest absolute Gasteiger partial charge is 0.407 e. The predicted octanol–water partition coefficient (Wildman–Crippen LogP) is 2.39. The van der Waals surface area contributed by atoms with Gasteiger partial charge in [0.05, 0.1) is 0 Å². The van der Waals surface area contributed by atoms with Crippen LogP contribution < -0.4 is 0 Å². The molecule has 1 aromatic rings. The molecule has 1 amide bonds. The van der Waals surface area contributed by atoms with Gasteiger partial charge in [-0.05, 0) is 31.2 Å². The van der Waals surface area contributed by atoms with E-state index in [1.165, 1.54) is 23.3 Å². The van der Waals surface area contributed by atoms with Gasteiger partial charge in [0.1, 0.15) is 5.82 Å². The number of aryl methyl sites for hydroxylation is 1. The molecule has 1 aliphatic carbocycles. The van der Waals surface area contributed by atoms with E-state index < -0.39 is 6.09 Å². The first-order chi connectivity index (χ1) is 9.69. The van der Waals surface area contributed by atoms with Crippen LogP contribution in [0.1, 0.15) is 54.9 Å². The average Bonchev–Trinajstić information content (AvgIpc) is 3.25. The van der Waals surface area contributed by atoms with Crippen LogP contribution in [0, 0.1) is 0 Å². The van der Waals surface area contributed by atoms with Crippen molar-refractivity contribution in [3.63, 3.8) is 0 Å². The van der Waals surface area contributed by atoms with Crippen molar-refractivity contribution in [3.8, 4) is 0 Å². The first-order valence-electron chi connectivity index (χ1n) is 7.55. The molecule has 1 aliphatic heterocycles. The normalized spacial score (nSPS) is 18.6. The number of hydrogen-bond acceptors (Lipinski definition) is 3. The molecular formula is C15H21N3O2. The molecule has 1 saturated carbocycles. The summed E-state index contributed by atoms with van der Waals surface area (Å²) in [6.45, 7) is 3.27. The Morgan fingerprint density at radius 3 is 2.70 bits per heavy atom. The molecule has 1 N–H and O–H groups in total. The lowest BCUT2D eigenvalue weighted by Gasteiger charge is -2.15. The number of carboxylic acid groups (broad SMARTS) is 1. The van der Waals surface area contributed by atoms with E-state index >= 15 is 0 Å². The Balaban J connectivity index is 1.93. The van der Waals surface area contributed by atoms with Crippen LogP contribution in [-0.4, -0.2) is 39.2 Å². The number of aromatic nitrogens is 2. The number of rotatable bonds is 3. The summed E-state index contributed by atoms with van der Waals surface area (Å²) in [5, 5.41) is 9.16. The molecule has 20 heavy (non-hydrogen) atoms. The molecule has 0 saturated heterocycles. The van der Waals surface area contributed by atoms with E-state index in [1.807, 2.05) is 0 Å². The van der Waals surface area contributed by atoms with Gasteiger partial charge in [-0.25, -0.2) is 14.8 Å². The van der Waals surface area contributed by atoms with Crippen molar-refractivity contribution >= 4 is 6.09 Å². The van der Waals surface area contributed by atoms with Gasteiger partial charge in [0.2, 0.25) is 0 Å². The topological polar surface area (TPSA) is 66.3 Å². The lowest BCUT2D eigenvalue weighted by Crippen LogP contribution is -2.31. The maximum atomic E-state index is 11.1. The van der Waals surface area contributed by atoms with Crippen LogP contribution in [0.2, 0.25) is 0 Å². The molecule has 3 rings (SSSR count). The van der Waals surface area contributed by atoms with E-state index in [1.54, 1.807) is 0 Å². The van der Waals surface area contributed by atoms with Crippen molar-refractivity contribution in [2.45, 2.75) is 51.4 Å². The molecule has 2 aliphatic rings. The Bertz CT molecular complexity index is 526. The summed E-state index contributed by atoms with van der Waals surface area (Å²) >= 11 is 0. The monoisotopic (exact) mass is 275 g/mol. The van der Waals surface area contributed by atoms with Crippen LogP contribution in [0.15, 0.2) is 0 Å². The van der Waals surface area contributed by atoms with Crippen molar-refractivity contribution in [2.75, 3.05) is 13.1 Å². The van der Waals surface area contributed by atoms with Gasteiger partial charge >= 0.3 is 6.09 Å². The quantitative estimate of drug-likeness (QED) is 0.919. The Morgan fingerprint density at radius 2 is 2.05 bits per heavy atom. The lowest BCUT2D eigenvalue weighted by atomic mass is 10.0. The van der Waals surface area contributed by atoms with E-state index in [2.05, 4.69) is 6.92 Å². The van der Waals surface area contributed by atoms with Crippen LogP contribution >= 0.6 is 0 Å². The number of fused-ring (bicyclic) bond motifs is 1. The summed E-state index contributed by atoms with van der Waals surface area (Å²) in [5.74, 6) is 1.55. The Labute approximate surface area is 119 Å². The third kappa shape index (κ3) is 2.62. The molecule has 108 valence electrons. The molecule has 1 aromatic heterocycles. The predicted molar refractivity (Wildman–Crippen MR) is 75.0 cm³/mol. The van der Waals surface area contributed by atoms with Crippen molar-refractivity contribution in [2.24, 2.45) is 0 Å². The molecule has 0 unspecified atom stereocenters. The molecule has 0 atom stereocenters. The summed E-state index contributed by atoms with van der Waals surface area (Å²) in [4.78, 5) is 22.2. The van der Waals surface area contributed by atoms with Crippen molar-refractivity contribution in [1.82, 2.24) is 14.9 Å². The summed E-state index contributed by atoms with van der Waals surface area (Å²) in [6.07, 6.45) is 5.08. The third-order valence-electron chi connectivity index (χ3n) is 4.15. The van der Waals surface area contributed by atoms with E-state index in [-0.39, 0.29) is 0 Å². The van der Waals surface area contributed by atoms with E-state index in [0.29, 0.717) is 19.0 Å². The number of carbonyl (C=O) groups is 1. The summed E-state index contributed by atoms with van der Waals surface area (Å²) in [5.41, 5.74) is 3.46. The highest BCUT2D eigenvalue weighted by molar-refractivity contribution is 5.65. The lowest BCUT2D eigenvalue weighted by molar-refractivity contribution is 0.147. The SMILES string of the molecule is CCCc1nc(C2CC2)nc2c1CCN(C(=O)O)CC2. The van der Waals surface area contributed by atoms with Crippen LogP contribution in [0.5, 0.6) is 0 Å². The van der Waals surface area contributed by atoms with Crippen LogP contribution in [0.3, 0.4) is 0 Å². The van der Waals surface area contributed by atoms with Gasteiger partial charge in [-0.3, -0.25) is 0 Å². The number of nitrogens with zero attached hydrogens (tertiary/aromatic N) is 3. The highest BCUT2D eigenvalue weighted by atomic mass is 16.4. The summed E-state index contributed by atoms with van der Waals surface area (Å²) < 4.78 is 0. The standard InChI is InChI=1S/C15H21N3O2/c1-2-3-12-11-6-8-18(15(19)20)9-7-13(11)17-14(16-12)10-4-5-10/h10H,2-9H2,1H3,(H,19,20). The number of hydrogen-bond donors (Lipinski definition) is 1. The van der Waals surface area contributed by atoms with Crippen molar-refractivity contribution in [1.29, 1.82) is 0 Å². The first kappa shape index (κ1) is 13.3. The Kier molecular flexibility index (Phi) is 3.59. The van der Waals surface area contributed by atoms with E-state index in [9.17, 15) is 4.79 Å². The second kappa shape index (κ2) is 5.38. The van der Waals surface area contributed by atoms with Gasteiger partial charge in [0.15, 0.2) is 0 Å². The average molecular weight is 275 g/mol. The molecule has 0 bridgehead atoms. The molecule has 2 heterocycles. The van der Waals surface area contributed by atoms with Gasteiger partial charge in [0.25, 0.3) is 0 Å². The molecule has 5 nitrogen and oxygen atoms in total. The fourth-order valence-electron chi connectivity index (χ4n) is 2.86. The van der Waals surface area contributed by atoms with Gasteiger partial charge in [-0.2, -0.15) is 0 Å². The van der Waals surface area contributed by atoms with Gasteiger partial charge in [-0.1, -0.05) is 13.3 Å². The van der Waals surface area contributed by atoms with Crippen LogP contribution in [0.25, 0.3) is 0 Å².